The Hall–Kier alpha value is -1.09. The molecule has 0 unspecified atom stereocenters. The van der Waals surface area contributed by atoms with Gasteiger partial charge in [-0.25, -0.2) is 0 Å². The molecular formula is C12H17NO2. The summed E-state index contributed by atoms with van der Waals surface area (Å²) < 4.78 is 5.16. The van der Waals surface area contributed by atoms with E-state index in [2.05, 4.69) is 18.1 Å². The molecule has 2 aliphatic heterocycles. The van der Waals surface area contributed by atoms with E-state index in [-0.39, 0.29) is 5.97 Å². The molecule has 3 nitrogen and oxygen atoms in total. The van der Waals surface area contributed by atoms with Crippen LogP contribution in [0.5, 0.6) is 0 Å². The highest BCUT2D eigenvalue weighted by Gasteiger charge is 2.53. The molecule has 2 saturated heterocycles. The van der Waals surface area contributed by atoms with Crippen LogP contribution in [0.3, 0.4) is 0 Å². The van der Waals surface area contributed by atoms with Crippen molar-refractivity contribution in [2.45, 2.75) is 25.3 Å². The maximum Gasteiger partial charge on any atom is 0.327 e. The molecule has 2 rings (SSSR count). The van der Waals surface area contributed by atoms with Gasteiger partial charge in [-0.3, -0.25) is 9.69 Å². The van der Waals surface area contributed by atoms with Crippen molar-refractivity contribution in [1.29, 1.82) is 0 Å². The number of ether oxygens (including phenoxy) is 1. The molecule has 0 amide bonds. The monoisotopic (exact) mass is 207 g/mol. The molecule has 2 fully saturated rings. The lowest BCUT2D eigenvalue weighted by Gasteiger charge is -2.28. The van der Waals surface area contributed by atoms with Gasteiger partial charge in [0, 0.05) is 13.1 Å². The average Bonchev–Trinajstić information content (AvgIpc) is 2.57. The van der Waals surface area contributed by atoms with Gasteiger partial charge >= 0.3 is 5.97 Å². The second-order valence-corrected chi connectivity index (χ2v) is 4.46. The van der Waals surface area contributed by atoms with Crippen molar-refractivity contribution in [1.82, 2.24) is 4.90 Å². The summed E-state index contributed by atoms with van der Waals surface area (Å²) in [7, 11) is 0. The number of rotatable bonds is 2. The highest BCUT2D eigenvalue weighted by atomic mass is 16.5. The zero-order chi connectivity index (χ0) is 11.1. The summed E-state index contributed by atoms with van der Waals surface area (Å²) in [6.07, 6.45) is 1.45. The third-order valence-electron chi connectivity index (χ3n) is 3.17. The number of fused-ring (bicyclic) bond motifs is 1. The molecule has 15 heavy (non-hydrogen) atoms. The van der Waals surface area contributed by atoms with E-state index in [1.165, 1.54) is 0 Å². The molecule has 0 aromatic rings. The summed E-state index contributed by atoms with van der Waals surface area (Å²) in [5.74, 6) is -0.109. The van der Waals surface area contributed by atoms with Gasteiger partial charge in [0.1, 0.15) is 5.54 Å². The third-order valence-corrected chi connectivity index (χ3v) is 3.17. The first-order valence-electron chi connectivity index (χ1n) is 5.34. The number of carbonyl (C=O) groups is 1. The minimum Gasteiger partial charge on any atom is -0.465 e. The van der Waals surface area contributed by atoms with Crippen molar-refractivity contribution in [3.63, 3.8) is 0 Å². The first-order chi connectivity index (χ1) is 7.08. The number of esters is 1. The Morgan fingerprint density at radius 3 is 2.40 bits per heavy atom. The largest absolute Gasteiger partial charge is 0.465 e. The molecule has 0 radical (unpaired) electrons. The van der Waals surface area contributed by atoms with Crippen LogP contribution in [0.4, 0.5) is 0 Å². The van der Waals surface area contributed by atoms with Crippen molar-refractivity contribution in [3.05, 3.63) is 24.3 Å². The molecule has 0 saturated carbocycles. The van der Waals surface area contributed by atoms with Crippen LogP contribution in [0.25, 0.3) is 0 Å². The fraction of sp³-hybridized carbons (Fsp3) is 0.583. The summed E-state index contributed by atoms with van der Waals surface area (Å²) in [5.41, 5.74) is 1.77. The molecule has 3 heteroatoms. The minimum absolute atomic E-state index is 0.109. The molecule has 0 aliphatic carbocycles. The first-order valence-corrected chi connectivity index (χ1v) is 5.34. The predicted octanol–water partition coefficient (Wildman–Crippen LogP) is 1.51. The van der Waals surface area contributed by atoms with Crippen molar-refractivity contribution in [2.24, 2.45) is 0 Å². The number of carbonyl (C=O) groups excluding carboxylic acids is 1. The Balaban J connectivity index is 2.26. The molecule has 0 aromatic heterocycles. The Morgan fingerprint density at radius 1 is 1.40 bits per heavy atom. The average molecular weight is 207 g/mol. The summed E-state index contributed by atoms with van der Waals surface area (Å²) >= 11 is 0. The number of hydrogen-bond acceptors (Lipinski definition) is 3. The van der Waals surface area contributed by atoms with E-state index in [9.17, 15) is 4.79 Å². The van der Waals surface area contributed by atoms with E-state index in [0.29, 0.717) is 6.61 Å². The molecule has 2 heterocycles. The highest BCUT2D eigenvalue weighted by Crippen LogP contribution is 2.43. The van der Waals surface area contributed by atoms with Gasteiger partial charge in [0.2, 0.25) is 0 Å². The van der Waals surface area contributed by atoms with Crippen LogP contribution in [0.1, 0.15) is 19.8 Å². The zero-order valence-corrected chi connectivity index (χ0v) is 9.21. The van der Waals surface area contributed by atoms with Crippen molar-refractivity contribution >= 4 is 5.97 Å². The molecule has 0 atom stereocenters. The Bertz CT molecular complexity index is 313. The lowest BCUT2D eigenvalue weighted by molar-refractivity contribution is -0.154. The molecule has 0 spiro atoms. The van der Waals surface area contributed by atoms with Gasteiger partial charge in [-0.1, -0.05) is 24.3 Å². The minimum atomic E-state index is -0.468. The van der Waals surface area contributed by atoms with E-state index >= 15 is 0 Å². The topological polar surface area (TPSA) is 29.5 Å². The maximum atomic E-state index is 12.0. The van der Waals surface area contributed by atoms with Gasteiger partial charge in [-0.2, -0.15) is 0 Å². The second-order valence-electron chi connectivity index (χ2n) is 4.46. The fourth-order valence-corrected chi connectivity index (χ4v) is 2.66. The molecule has 0 bridgehead atoms. The number of nitrogens with zero attached hydrogens (tertiary/aromatic N) is 1. The normalized spacial score (nSPS) is 24.3. The maximum absolute atomic E-state index is 12.0. The fourth-order valence-electron chi connectivity index (χ4n) is 2.66. The van der Waals surface area contributed by atoms with Gasteiger partial charge in [0.05, 0.1) is 6.61 Å². The SMILES string of the molecule is C=C1CN2CC(=C)CC2(C(=O)OCC)C1. The van der Waals surface area contributed by atoms with Crippen molar-refractivity contribution in [3.8, 4) is 0 Å². The standard InChI is InChI=1S/C12H17NO2/c1-4-15-11(14)12-5-9(2)7-13(12)8-10(3)6-12/h2-8H2,1H3. The van der Waals surface area contributed by atoms with Gasteiger partial charge in [-0.05, 0) is 19.8 Å². The molecule has 2 aliphatic rings. The van der Waals surface area contributed by atoms with Crippen LogP contribution in [0.2, 0.25) is 0 Å². The Kier molecular flexibility index (Phi) is 2.43. The lowest BCUT2D eigenvalue weighted by Crippen LogP contribution is -2.46. The van der Waals surface area contributed by atoms with Crippen LogP contribution in [0.15, 0.2) is 24.3 Å². The van der Waals surface area contributed by atoms with E-state index < -0.39 is 5.54 Å². The van der Waals surface area contributed by atoms with E-state index in [1.54, 1.807) is 0 Å². The van der Waals surface area contributed by atoms with Crippen LogP contribution in [-0.2, 0) is 9.53 Å². The van der Waals surface area contributed by atoms with Gasteiger partial charge in [0.25, 0.3) is 0 Å². The summed E-state index contributed by atoms with van der Waals surface area (Å²) in [5, 5.41) is 0. The van der Waals surface area contributed by atoms with E-state index in [4.69, 9.17) is 4.74 Å². The zero-order valence-electron chi connectivity index (χ0n) is 9.21. The van der Waals surface area contributed by atoms with Gasteiger partial charge < -0.3 is 4.74 Å². The first kappa shape index (κ1) is 10.4. The molecule has 0 N–H and O–H groups in total. The predicted molar refractivity (Wildman–Crippen MR) is 58.5 cm³/mol. The van der Waals surface area contributed by atoms with E-state index in [1.807, 2.05) is 6.92 Å². The Labute approximate surface area is 90.4 Å². The third kappa shape index (κ3) is 1.51. The van der Waals surface area contributed by atoms with Gasteiger partial charge in [-0.15, -0.1) is 0 Å². The highest BCUT2D eigenvalue weighted by molar-refractivity contribution is 5.83. The Morgan fingerprint density at radius 2 is 1.93 bits per heavy atom. The second kappa shape index (κ2) is 3.49. The summed E-state index contributed by atoms with van der Waals surface area (Å²) in [6.45, 7) is 11.8. The van der Waals surface area contributed by atoms with Crippen LogP contribution in [-0.4, -0.2) is 36.1 Å². The number of hydrogen-bond donors (Lipinski definition) is 0. The van der Waals surface area contributed by atoms with Crippen LogP contribution in [0, 0.1) is 0 Å². The molecule has 82 valence electrons. The summed E-state index contributed by atoms with van der Waals surface area (Å²) in [6, 6.07) is 0. The van der Waals surface area contributed by atoms with Crippen molar-refractivity contribution < 1.29 is 9.53 Å². The van der Waals surface area contributed by atoms with Crippen molar-refractivity contribution in [2.75, 3.05) is 19.7 Å². The molecular weight excluding hydrogens is 190 g/mol. The smallest absolute Gasteiger partial charge is 0.327 e. The quantitative estimate of drug-likeness (QED) is 0.508. The van der Waals surface area contributed by atoms with Gasteiger partial charge in [0.15, 0.2) is 0 Å². The van der Waals surface area contributed by atoms with Crippen LogP contribution < -0.4 is 0 Å². The summed E-state index contributed by atoms with van der Waals surface area (Å²) in [4.78, 5) is 14.1. The van der Waals surface area contributed by atoms with Crippen LogP contribution >= 0.6 is 0 Å². The lowest BCUT2D eigenvalue weighted by atomic mass is 9.92. The van der Waals surface area contributed by atoms with E-state index in [0.717, 1.165) is 37.1 Å². The molecule has 0 aromatic carbocycles.